The molecule has 0 aliphatic carbocycles. The van der Waals surface area contributed by atoms with Gasteiger partial charge in [0.2, 0.25) is 0 Å². The lowest BCUT2D eigenvalue weighted by atomic mass is 10.0. The van der Waals surface area contributed by atoms with Crippen molar-refractivity contribution in [3.8, 4) is 5.75 Å². The first-order valence-electron chi connectivity index (χ1n) is 10.3. The second-order valence-electron chi connectivity index (χ2n) is 7.35. The molecular weight excluding hydrogens is 412 g/mol. The number of esters is 1. The summed E-state index contributed by atoms with van der Waals surface area (Å²) >= 11 is 0. The molecule has 1 N–H and O–H groups in total. The molecule has 4 rings (SSSR count). The summed E-state index contributed by atoms with van der Waals surface area (Å²) in [5, 5.41) is 0.779. The first kappa shape index (κ1) is 21.3. The summed E-state index contributed by atoms with van der Waals surface area (Å²) in [5.74, 6) is -0.896. The van der Waals surface area contributed by atoms with Crippen LogP contribution in [0.2, 0.25) is 0 Å². The molecule has 2 heterocycles. The third-order valence-corrected chi connectivity index (χ3v) is 5.28. The zero-order valence-electron chi connectivity index (χ0n) is 17.6. The average Bonchev–Trinajstić information content (AvgIpc) is 3.23. The van der Waals surface area contributed by atoms with Gasteiger partial charge in [0.15, 0.2) is 18.2 Å². The minimum absolute atomic E-state index is 0.0132. The molecule has 164 valence electrons. The number of amides is 1. The first-order chi connectivity index (χ1) is 15.5. The van der Waals surface area contributed by atoms with Crippen LogP contribution in [0.5, 0.6) is 5.75 Å². The van der Waals surface area contributed by atoms with E-state index in [-0.39, 0.29) is 50.1 Å². The number of nitrogens with one attached hydrogen (secondary N) is 1. The van der Waals surface area contributed by atoms with E-state index in [1.54, 1.807) is 25.3 Å². The maximum Gasteiger partial charge on any atom is 0.306 e. The Labute approximate surface area is 184 Å². The molecule has 3 aromatic rings. The Morgan fingerprint density at radius 2 is 1.91 bits per heavy atom. The molecule has 32 heavy (non-hydrogen) atoms. The van der Waals surface area contributed by atoms with Crippen LogP contribution >= 0.6 is 0 Å². The number of Topliss-reactive ketones (excluding diaryl/α,β-unsaturated/α-hetero) is 2. The summed E-state index contributed by atoms with van der Waals surface area (Å²) < 4.78 is 10.3. The van der Waals surface area contributed by atoms with E-state index < -0.39 is 5.97 Å². The Bertz CT molecular complexity index is 1210. The number of ether oxygens (including phenoxy) is 2. The highest BCUT2D eigenvalue weighted by Gasteiger charge is 2.29. The van der Waals surface area contributed by atoms with Crippen molar-refractivity contribution in [3.05, 3.63) is 59.8 Å². The monoisotopic (exact) mass is 434 g/mol. The quantitative estimate of drug-likeness (QED) is 0.431. The van der Waals surface area contributed by atoms with Gasteiger partial charge in [0.25, 0.3) is 5.91 Å². The van der Waals surface area contributed by atoms with Gasteiger partial charge >= 0.3 is 5.97 Å². The standard InChI is InChI=1S/C24H22N2O6/c1-2-31-24(30)10-8-20(27)15-7-9-22-19(11-15)26(23(29)14-32-22)13-21(28)17-12-25-18-6-4-3-5-16(17)18/h3-7,9,11-12,25H,2,8,10,13-14H2,1H3. The Balaban J connectivity index is 1.56. The topological polar surface area (TPSA) is 106 Å². The van der Waals surface area contributed by atoms with Gasteiger partial charge in [0.1, 0.15) is 5.75 Å². The SMILES string of the molecule is CCOC(=O)CCC(=O)c1ccc2c(c1)N(CC(=O)c1c[nH]c3ccccc13)C(=O)CO2. The highest BCUT2D eigenvalue weighted by Crippen LogP contribution is 2.34. The average molecular weight is 434 g/mol. The maximum absolute atomic E-state index is 13.0. The molecule has 1 amide bonds. The number of carbonyl (C=O) groups is 4. The van der Waals surface area contributed by atoms with E-state index in [0.717, 1.165) is 10.9 Å². The number of aromatic amines is 1. The molecule has 2 aromatic carbocycles. The number of para-hydroxylation sites is 1. The van der Waals surface area contributed by atoms with E-state index >= 15 is 0 Å². The molecule has 0 unspecified atom stereocenters. The van der Waals surface area contributed by atoms with Crippen molar-refractivity contribution in [3.63, 3.8) is 0 Å². The van der Waals surface area contributed by atoms with Crippen molar-refractivity contribution >= 4 is 40.0 Å². The molecule has 0 saturated heterocycles. The van der Waals surface area contributed by atoms with Crippen LogP contribution in [0.4, 0.5) is 5.69 Å². The third-order valence-electron chi connectivity index (χ3n) is 5.28. The van der Waals surface area contributed by atoms with Gasteiger partial charge in [0, 0.05) is 34.6 Å². The molecule has 8 nitrogen and oxygen atoms in total. The van der Waals surface area contributed by atoms with Crippen molar-refractivity contribution in [2.75, 3.05) is 24.7 Å². The number of fused-ring (bicyclic) bond motifs is 2. The summed E-state index contributed by atoms with van der Waals surface area (Å²) in [5.41, 5.74) is 2.01. The summed E-state index contributed by atoms with van der Waals surface area (Å²) in [4.78, 5) is 54.1. The van der Waals surface area contributed by atoms with E-state index in [4.69, 9.17) is 9.47 Å². The summed E-state index contributed by atoms with van der Waals surface area (Å²) in [6.07, 6.45) is 1.59. The van der Waals surface area contributed by atoms with Gasteiger partial charge in [0.05, 0.1) is 25.3 Å². The molecule has 0 fully saturated rings. The lowest BCUT2D eigenvalue weighted by Gasteiger charge is -2.29. The molecule has 0 radical (unpaired) electrons. The number of hydrogen-bond donors (Lipinski definition) is 1. The second-order valence-corrected chi connectivity index (χ2v) is 7.35. The van der Waals surface area contributed by atoms with E-state index in [1.807, 2.05) is 24.3 Å². The Morgan fingerprint density at radius 1 is 1.09 bits per heavy atom. The van der Waals surface area contributed by atoms with Gasteiger partial charge in [-0.3, -0.25) is 24.1 Å². The number of anilines is 1. The van der Waals surface area contributed by atoms with Gasteiger partial charge in [-0.2, -0.15) is 0 Å². The van der Waals surface area contributed by atoms with Crippen LogP contribution in [0.3, 0.4) is 0 Å². The number of ketones is 2. The van der Waals surface area contributed by atoms with Gasteiger partial charge < -0.3 is 14.5 Å². The van der Waals surface area contributed by atoms with Crippen molar-refractivity contribution in [2.24, 2.45) is 0 Å². The van der Waals surface area contributed by atoms with Gasteiger partial charge in [-0.1, -0.05) is 18.2 Å². The fraction of sp³-hybridized carbons (Fsp3) is 0.250. The van der Waals surface area contributed by atoms with Crippen LogP contribution < -0.4 is 9.64 Å². The second kappa shape index (κ2) is 9.05. The lowest BCUT2D eigenvalue weighted by Crippen LogP contribution is -2.42. The fourth-order valence-corrected chi connectivity index (χ4v) is 3.67. The summed E-state index contributed by atoms with van der Waals surface area (Å²) in [6, 6.07) is 12.1. The van der Waals surface area contributed by atoms with E-state index in [2.05, 4.69) is 4.98 Å². The first-order valence-corrected chi connectivity index (χ1v) is 10.3. The highest BCUT2D eigenvalue weighted by atomic mass is 16.5. The molecule has 8 heteroatoms. The minimum Gasteiger partial charge on any atom is -0.482 e. The van der Waals surface area contributed by atoms with Crippen LogP contribution in [0.25, 0.3) is 10.9 Å². The van der Waals surface area contributed by atoms with Crippen LogP contribution in [-0.4, -0.2) is 48.2 Å². The summed E-state index contributed by atoms with van der Waals surface area (Å²) in [6.45, 7) is 1.58. The predicted molar refractivity (Wildman–Crippen MR) is 117 cm³/mol. The number of nitrogens with zero attached hydrogens (tertiary/aromatic N) is 1. The molecule has 0 saturated carbocycles. The molecule has 1 aromatic heterocycles. The van der Waals surface area contributed by atoms with Crippen LogP contribution in [-0.2, 0) is 14.3 Å². The Hall–Kier alpha value is -3.94. The number of hydrogen-bond acceptors (Lipinski definition) is 6. The smallest absolute Gasteiger partial charge is 0.306 e. The Morgan fingerprint density at radius 3 is 2.72 bits per heavy atom. The van der Waals surface area contributed by atoms with Crippen molar-refractivity contribution in [1.29, 1.82) is 0 Å². The third kappa shape index (κ3) is 4.25. The van der Waals surface area contributed by atoms with Gasteiger partial charge in [-0.05, 0) is 31.2 Å². The Kier molecular flexibility index (Phi) is 6.02. The number of rotatable bonds is 8. The van der Waals surface area contributed by atoms with Crippen molar-refractivity contribution in [1.82, 2.24) is 4.98 Å². The van der Waals surface area contributed by atoms with Crippen LogP contribution in [0, 0.1) is 0 Å². The zero-order chi connectivity index (χ0) is 22.7. The molecule has 1 aliphatic rings. The molecule has 0 bridgehead atoms. The molecule has 0 spiro atoms. The summed E-state index contributed by atoms with van der Waals surface area (Å²) in [7, 11) is 0. The largest absolute Gasteiger partial charge is 0.482 e. The molecular formula is C24H22N2O6. The molecule has 0 atom stereocenters. The van der Waals surface area contributed by atoms with Crippen molar-refractivity contribution in [2.45, 2.75) is 19.8 Å². The normalized spacial score (nSPS) is 12.9. The maximum atomic E-state index is 13.0. The lowest BCUT2D eigenvalue weighted by molar-refractivity contribution is -0.143. The number of carbonyl (C=O) groups excluding carboxylic acids is 4. The van der Waals surface area contributed by atoms with Gasteiger partial charge in [-0.15, -0.1) is 0 Å². The molecule has 1 aliphatic heterocycles. The number of H-pyrrole nitrogens is 1. The van der Waals surface area contributed by atoms with E-state index in [0.29, 0.717) is 22.6 Å². The van der Waals surface area contributed by atoms with Crippen LogP contribution in [0.15, 0.2) is 48.7 Å². The van der Waals surface area contributed by atoms with E-state index in [1.165, 1.54) is 11.0 Å². The highest BCUT2D eigenvalue weighted by molar-refractivity contribution is 6.13. The van der Waals surface area contributed by atoms with Crippen LogP contribution in [0.1, 0.15) is 40.5 Å². The number of benzene rings is 2. The predicted octanol–water partition coefficient (Wildman–Crippen LogP) is 3.30. The fourth-order valence-electron chi connectivity index (χ4n) is 3.67. The van der Waals surface area contributed by atoms with Crippen molar-refractivity contribution < 1.29 is 28.7 Å². The van der Waals surface area contributed by atoms with Gasteiger partial charge in [-0.25, -0.2) is 0 Å². The van der Waals surface area contributed by atoms with E-state index in [9.17, 15) is 19.2 Å². The minimum atomic E-state index is -0.441. The zero-order valence-corrected chi connectivity index (χ0v) is 17.6. The number of aromatic nitrogens is 1.